The summed E-state index contributed by atoms with van der Waals surface area (Å²) in [5, 5.41) is 0. The van der Waals surface area contributed by atoms with Gasteiger partial charge in [-0.05, 0) is 33.4 Å². The number of likely N-dealkylation sites (N-methyl/N-ethyl adjacent to an activating group) is 1. The van der Waals surface area contributed by atoms with Gasteiger partial charge in [0.05, 0.1) is 6.33 Å². The fraction of sp³-hybridized carbons (Fsp3) is 0.750. The Morgan fingerprint density at radius 2 is 2.27 bits per heavy atom. The van der Waals surface area contributed by atoms with E-state index in [1.165, 1.54) is 25.0 Å². The minimum absolute atomic E-state index is 0.622. The van der Waals surface area contributed by atoms with Crippen LogP contribution in [0.2, 0.25) is 0 Å². The van der Waals surface area contributed by atoms with E-state index in [4.69, 9.17) is 0 Å². The smallest absolute Gasteiger partial charge is 0.0948 e. The lowest BCUT2D eigenvalue weighted by Gasteiger charge is -2.24. The van der Waals surface area contributed by atoms with Gasteiger partial charge in [-0.1, -0.05) is 6.92 Å². The second-order valence-electron chi connectivity index (χ2n) is 4.77. The summed E-state index contributed by atoms with van der Waals surface area (Å²) in [4.78, 5) is 6.58. The molecule has 84 valence electrons. The van der Waals surface area contributed by atoms with Gasteiger partial charge in [-0.25, -0.2) is 4.98 Å². The van der Waals surface area contributed by atoms with Crippen LogP contribution in [0.25, 0.3) is 0 Å². The first kappa shape index (κ1) is 10.7. The molecule has 0 N–H and O–H groups in total. The lowest BCUT2D eigenvalue weighted by Crippen LogP contribution is -2.31. The maximum atomic E-state index is 4.27. The Hall–Kier alpha value is -0.830. The number of aromatic nitrogens is 2. The summed E-state index contributed by atoms with van der Waals surface area (Å²) >= 11 is 0. The summed E-state index contributed by atoms with van der Waals surface area (Å²) in [7, 11) is 4.31. The van der Waals surface area contributed by atoms with Gasteiger partial charge >= 0.3 is 0 Å². The van der Waals surface area contributed by atoms with E-state index in [0.717, 1.165) is 12.5 Å². The second-order valence-corrected chi connectivity index (χ2v) is 4.77. The molecule has 3 heteroatoms. The van der Waals surface area contributed by atoms with Crippen LogP contribution in [0, 0.1) is 0 Å². The van der Waals surface area contributed by atoms with Crippen LogP contribution < -0.4 is 0 Å². The highest BCUT2D eigenvalue weighted by Crippen LogP contribution is 2.39. The molecule has 1 aromatic rings. The van der Waals surface area contributed by atoms with Gasteiger partial charge in [-0.3, -0.25) is 0 Å². The Balaban J connectivity index is 2.05. The quantitative estimate of drug-likeness (QED) is 0.737. The number of rotatable bonds is 5. The average Bonchev–Trinajstić information content (AvgIpc) is 2.95. The van der Waals surface area contributed by atoms with Crippen molar-refractivity contribution in [1.82, 2.24) is 14.5 Å². The summed E-state index contributed by atoms with van der Waals surface area (Å²) in [5.74, 6) is 0.798. The number of nitrogens with zero attached hydrogens (tertiary/aromatic N) is 3. The monoisotopic (exact) mass is 207 g/mol. The molecular formula is C12H21N3. The summed E-state index contributed by atoms with van der Waals surface area (Å²) in [5.41, 5.74) is 1.44. The zero-order valence-corrected chi connectivity index (χ0v) is 9.98. The van der Waals surface area contributed by atoms with Crippen molar-refractivity contribution in [3.05, 3.63) is 18.2 Å². The normalized spacial score (nSPS) is 18.4. The molecule has 1 heterocycles. The molecule has 3 nitrogen and oxygen atoms in total. The third-order valence-electron chi connectivity index (χ3n) is 3.35. The maximum absolute atomic E-state index is 4.27. The summed E-state index contributed by atoms with van der Waals surface area (Å²) < 4.78 is 2.34. The Morgan fingerprint density at radius 3 is 2.80 bits per heavy atom. The van der Waals surface area contributed by atoms with Crippen LogP contribution in [0.4, 0.5) is 0 Å². The largest absolute Gasteiger partial charge is 0.333 e. The second kappa shape index (κ2) is 4.35. The molecule has 0 aliphatic heterocycles. The zero-order chi connectivity index (χ0) is 10.8. The first-order valence-corrected chi connectivity index (χ1v) is 5.88. The standard InChI is InChI=1S/C12H21N3/c1-4-11(14(2)3)8-15-9-13-7-12(15)10-5-6-10/h7,9-11H,4-6,8H2,1-3H3. The van der Waals surface area contributed by atoms with Crippen LogP contribution >= 0.6 is 0 Å². The predicted octanol–water partition coefficient (Wildman–Crippen LogP) is 2.10. The molecular weight excluding hydrogens is 186 g/mol. The zero-order valence-electron chi connectivity index (χ0n) is 9.98. The number of hydrogen-bond acceptors (Lipinski definition) is 2. The molecule has 2 rings (SSSR count). The molecule has 15 heavy (non-hydrogen) atoms. The molecule has 0 radical (unpaired) electrons. The highest BCUT2D eigenvalue weighted by Gasteiger charge is 2.27. The Labute approximate surface area is 92.1 Å². The van der Waals surface area contributed by atoms with E-state index in [0.29, 0.717) is 6.04 Å². The van der Waals surface area contributed by atoms with Crippen LogP contribution in [0.5, 0.6) is 0 Å². The van der Waals surface area contributed by atoms with E-state index in [-0.39, 0.29) is 0 Å². The van der Waals surface area contributed by atoms with Gasteiger partial charge in [0.1, 0.15) is 0 Å². The number of hydrogen-bond donors (Lipinski definition) is 0. The summed E-state index contributed by atoms with van der Waals surface area (Å²) in [6.07, 6.45) is 7.92. The molecule has 1 aliphatic carbocycles. The van der Waals surface area contributed by atoms with E-state index in [1.807, 2.05) is 12.5 Å². The van der Waals surface area contributed by atoms with E-state index in [1.54, 1.807) is 0 Å². The van der Waals surface area contributed by atoms with Crippen molar-refractivity contribution >= 4 is 0 Å². The molecule has 0 spiro atoms. The minimum atomic E-state index is 0.622. The van der Waals surface area contributed by atoms with E-state index >= 15 is 0 Å². The Kier molecular flexibility index (Phi) is 3.10. The Morgan fingerprint density at radius 1 is 1.53 bits per heavy atom. The van der Waals surface area contributed by atoms with Crippen molar-refractivity contribution in [2.45, 2.75) is 44.7 Å². The Bertz CT molecular complexity index is 312. The molecule has 0 amide bonds. The average molecular weight is 207 g/mol. The van der Waals surface area contributed by atoms with Crippen molar-refractivity contribution in [2.24, 2.45) is 0 Å². The van der Waals surface area contributed by atoms with Crippen LogP contribution in [-0.2, 0) is 6.54 Å². The molecule has 1 atom stereocenters. The third-order valence-corrected chi connectivity index (χ3v) is 3.35. The minimum Gasteiger partial charge on any atom is -0.333 e. The first-order chi connectivity index (χ1) is 7.22. The van der Waals surface area contributed by atoms with Crippen molar-refractivity contribution in [1.29, 1.82) is 0 Å². The van der Waals surface area contributed by atoms with Gasteiger partial charge in [0.2, 0.25) is 0 Å². The van der Waals surface area contributed by atoms with Crippen LogP contribution in [-0.4, -0.2) is 34.6 Å². The lowest BCUT2D eigenvalue weighted by molar-refractivity contribution is 0.255. The maximum Gasteiger partial charge on any atom is 0.0948 e. The van der Waals surface area contributed by atoms with Gasteiger partial charge in [0.25, 0.3) is 0 Å². The fourth-order valence-corrected chi connectivity index (χ4v) is 2.09. The molecule has 1 unspecified atom stereocenters. The predicted molar refractivity (Wildman–Crippen MR) is 62.0 cm³/mol. The van der Waals surface area contributed by atoms with E-state index < -0.39 is 0 Å². The molecule has 1 saturated carbocycles. The SMILES string of the molecule is CCC(Cn1cncc1C1CC1)N(C)C. The molecule has 1 aliphatic rings. The number of imidazole rings is 1. The lowest BCUT2D eigenvalue weighted by atomic mass is 10.2. The summed E-state index contributed by atoms with van der Waals surface area (Å²) in [6.45, 7) is 3.33. The van der Waals surface area contributed by atoms with Gasteiger partial charge in [0, 0.05) is 30.4 Å². The fourth-order valence-electron chi connectivity index (χ4n) is 2.09. The first-order valence-electron chi connectivity index (χ1n) is 5.88. The van der Waals surface area contributed by atoms with Crippen molar-refractivity contribution in [2.75, 3.05) is 14.1 Å². The molecule has 1 aromatic heterocycles. The third kappa shape index (κ3) is 2.40. The molecule has 0 aromatic carbocycles. The topological polar surface area (TPSA) is 21.1 Å². The molecule has 0 bridgehead atoms. The van der Waals surface area contributed by atoms with Gasteiger partial charge in [-0.2, -0.15) is 0 Å². The van der Waals surface area contributed by atoms with Crippen molar-refractivity contribution < 1.29 is 0 Å². The van der Waals surface area contributed by atoms with E-state index in [2.05, 4.69) is 35.5 Å². The van der Waals surface area contributed by atoms with E-state index in [9.17, 15) is 0 Å². The highest BCUT2D eigenvalue weighted by atomic mass is 15.2. The highest BCUT2D eigenvalue weighted by molar-refractivity contribution is 5.12. The summed E-state index contributed by atoms with van der Waals surface area (Å²) in [6, 6.07) is 0.622. The van der Waals surface area contributed by atoms with Crippen molar-refractivity contribution in [3.8, 4) is 0 Å². The van der Waals surface area contributed by atoms with Crippen LogP contribution in [0.15, 0.2) is 12.5 Å². The van der Waals surface area contributed by atoms with Crippen molar-refractivity contribution in [3.63, 3.8) is 0 Å². The van der Waals surface area contributed by atoms with Gasteiger partial charge in [-0.15, -0.1) is 0 Å². The van der Waals surface area contributed by atoms with Gasteiger partial charge in [0.15, 0.2) is 0 Å². The molecule has 1 fully saturated rings. The van der Waals surface area contributed by atoms with Crippen LogP contribution in [0.3, 0.4) is 0 Å². The van der Waals surface area contributed by atoms with Crippen LogP contribution in [0.1, 0.15) is 37.8 Å². The molecule has 0 saturated heterocycles. The van der Waals surface area contributed by atoms with Gasteiger partial charge < -0.3 is 9.47 Å².